The summed E-state index contributed by atoms with van der Waals surface area (Å²) in [6, 6.07) is 0. The predicted octanol–water partition coefficient (Wildman–Crippen LogP) is 5.12. The molecule has 4 saturated carbocycles. The molecule has 4 nitrogen and oxygen atoms in total. The number of hydrogen-bond donors (Lipinski definition) is 0. The highest BCUT2D eigenvalue weighted by atomic mass is 16.2. The number of hydrogen-bond acceptors (Lipinski definition) is 2. The molecule has 166 valence electrons. The molecule has 0 aromatic rings. The number of rotatable bonds is 11. The van der Waals surface area contributed by atoms with Crippen molar-refractivity contribution < 1.29 is 9.59 Å². The fraction of sp³-hybridized carbons (Fsp3) is 0.920. The van der Waals surface area contributed by atoms with Gasteiger partial charge in [0.1, 0.15) is 5.92 Å². The summed E-state index contributed by atoms with van der Waals surface area (Å²) in [6.07, 6.45) is 11.2. The molecule has 0 aromatic heterocycles. The predicted molar refractivity (Wildman–Crippen MR) is 118 cm³/mol. The van der Waals surface area contributed by atoms with E-state index in [-0.39, 0.29) is 17.2 Å². The van der Waals surface area contributed by atoms with E-state index < -0.39 is 5.92 Å². The van der Waals surface area contributed by atoms with Gasteiger partial charge in [-0.2, -0.15) is 0 Å². The first kappa shape index (κ1) is 22.6. The zero-order chi connectivity index (χ0) is 21.0. The molecule has 4 aliphatic carbocycles. The highest BCUT2D eigenvalue weighted by Crippen LogP contribution is 2.63. The number of carbonyl (C=O) groups is 2. The summed E-state index contributed by atoms with van der Waals surface area (Å²) in [7, 11) is 0. The molecule has 4 heteroatoms. The molecule has 29 heavy (non-hydrogen) atoms. The third kappa shape index (κ3) is 4.66. The van der Waals surface area contributed by atoms with Crippen LogP contribution in [-0.2, 0) is 9.59 Å². The van der Waals surface area contributed by atoms with E-state index in [1.165, 1.54) is 19.3 Å². The van der Waals surface area contributed by atoms with Gasteiger partial charge in [0.05, 0.1) is 0 Å². The third-order valence-corrected chi connectivity index (χ3v) is 7.79. The van der Waals surface area contributed by atoms with Crippen molar-refractivity contribution in [1.82, 2.24) is 9.80 Å². The Balaban J connectivity index is 1.95. The van der Waals surface area contributed by atoms with Gasteiger partial charge in [0.25, 0.3) is 0 Å². The number of nitrogens with zero attached hydrogens (tertiary/aromatic N) is 2. The quantitative estimate of drug-likeness (QED) is 0.449. The topological polar surface area (TPSA) is 40.6 Å². The van der Waals surface area contributed by atoms with Gasteiger partial charge in [-0.3, -0.25) is 9.59 Å². The van der Waals surface area contributed by atoms with Crippen LogP contribution < -0.4 is 0 Å². The minimum absolute atomic E-state index is 0.0671. The smallest absolute Gasteiger partial charge is 0.235 e. The molecule has 0 aliphatic heterocycles. The average molecular weight is 405 g/mol. The van der Waals surface area contributed by atoms with Gasteiger partial charge in [-0.25, -0.2) is 0 Å². The van der Waals surface area contributed by atoms with Crippen molar-refractivity contribution in [3.8, 4) is 0 Å². The van der Waals surface area contributed by atoms with Crippen molar-refractivity contribution in [2.45, 2.75) is 91.9 Å². The molecule has 0 spiro atoms. The molecule has 4 rings (SSSR count). The Hall–Kier alpha value is -1.06. The van der Waals surface area contributed by atoms with Crippen LogP contribution in [-0.4, -0.2) is 47.8 Å². The highest BCUT2D eigenvalue weighted by Gasteiger charge is 2.58. The van der Waals surface area contributed by atoms with E-state index in [9.17, 15) is 9.59 Å². The van der Waals surface area contributed by atoms with Crippen LogP contribution in [0.5, 0.6) is 0 Å². The monoisotopic (exact) mass is 404 g/mol. The van der Waals surface area contributed by atoms with Gasteiger partial charge in [0, 0.05) is 26.2 Å². The molecule has 0 N–H and O–H groups in total. The van der Waals surface area contributed by atoms with Crippen molar-refractivity contribution in [2.75, 3.05) is 26.2 Å². The second-order valence-corrected chi connectivity index (χ2v) is 10.4. The second-order valence-electron chi connectivity index (χ2n) is 10.4. The van der Waals surface area contributed by atoms with E-state index in [2.05, 4.69) is 27.7 Å². The zero-order valence-electron chi connectivity index (χ0n) is 19.4. The van der Waals surface area contributed by atoms with Crippen LogP contribution >= 0.6 is 0 Å². The maximum atomic E-state index is 14.0. The van der Waals surface area contributed by atoms with E-state index in [1.807, 2.05) is 9.80 Å². The normalized spacial score (nSPS) is 30.0. The van der Waals surface area contributed by atoms with Gasteiger partial charge in [-0.15, -0.1) is 0 Å². The molecule has 0 aromatic carbocycles. The zero-order valence-corrected chi connectivity index (χ0v) is 19.4. The number of amides is 2. The molecule has 0 heterocycles. The first-order valence-corrected chi connectivity index (χ1v) is 12.5. The van der Waals surface area contributed by atoms with Gasteiger partial charge < -0.3 is 9.80 Å². The van der Waals surface area contributed by atoms with Crippen LogP contribution in [0.3, 0.4) is 0 Å². The van der Waals surface area contributed by atoms with E-state index in [0.29, 0.717) is 0 Å². The van der Waals surface area contributed by atoms with Crippen LogP contribution in [0.4, 0.5) is 0 Å². The standard InChI is InChI=1S/C25H44N2O2/c1-5-9-26(10-6-2)23(28)22(24(29)27(11-7-3)12-8-4)25-16-19-13-20(17-25)15-21(14-19)18-25/h19-22H,5-18H2,1-4H3. The van der Waals surface area contributed by atoms with Crippen LogP contribution in [0.2, 0.25) is 0 Å². The molecule has 0 radical (unpaired) electrons. The maximum Gasteiger partial charge on any atom is 0.235 e. The Morgan fingerprint density at radius 3 is 1.28 bits per heavy atom. The fourth-order valence-corrected chi connectivity index (χ4v) is 7.27. The highest BCUT2D eigenvalue weighted by molar-refractivity contribution is 6.01. The van der Waals surface area contributed by atoms with Crippen LogP contribution in [0.25, 0.3) is 0 Å². The van der Waals surface area contributed by atoms with Crippen molar-refractivity contribution in [1.29, 1.82) is 0 Å². The summed E-state index contributed by atoms with van der Waals surface area (Å²) < 4.78 is 0. The van der Waals surface area contributed by atoms with Gasteiger partial charge in [0.2, 0.25) is 11.8 Å². The first-order chi connectivity index (χ1) is 14.0. The fourth-order valence-electron chi connectivity index (χ4n) is 7.27. The van der Waals surface area contributed by atoms with E-state index in [1.54, 1.807) is 0 Å². The lowest BCUT2D eigenvalue weighted by Gasteiger charge is -2.59. The molecule has 0 unspecified atom stereocenters. The summed E-state index contributed by atoms with van der Waals surface area (Å²) in [4.78, 5) is 32.0. The largest absolute Gasteiger partial charge is 0.342 e. The molecule has 4 fully saturated rings. The van der Waals surface area contributed by atoms with Crippen LogP contribution in [0, 0.1) is 29.1 Å². The minimum Gasteiger partial charge on any atom is -0.342 e. The summed E-state index contributed by atoms with van der Waals surface area (Å²) in [5, 5.41) is 0. The molecule has 0 atom stereocenters. The van der Waals surface area contributed by atoms with Gasteiger partial charge in [-0.1, -0.05) is 27.7 Å². The molecule has 2 amide bonds. The third-order valence-electron chi connectivity index (χ3n) is 7.79. The molecule has 4 aliphatic rings. The van der Waals surface area contributed by atoms with E-state index in [4.69, 9.17) is 0 Å². The molecular weight excluding hydrogens is 360 g/mol. The lowest BCUT2D eigenvalue weighted by Crippen LogP contribution is -2.58. The Labute approximate surface area is 178 Å². The lowest BCUT2D eigenvalue weighted by molar-refractivity contribution is -0.165. The SMILES string of the molecule is CCCN(CCC)C(=O)C(C(=O)N(CCC)CCC)C12CC3CC(CC(C3)C1)C2. The first-order valence-electron chi connectivity index (χ1n) is 12.5. The van der Waals surface area contributed by atoms with E-state index >= 15 is 0 Å². The Kier molecular flexibility index (Phi) is 7.67. The van der Waals surface area contributed by atoms with Crippen molar-refractivity contribution in [3.05, 3.63) is 0 Å². The molecule has 4 bridgehead atoms. The van der Waals surface area contributed by atoms with Crippen LogP contribution in [0.15, 0.2) is 0 Å². The van der Waals surface area contributed by atoms with Gasteiger partial charge in [0.15, 0.2) is 0 Å². The Morgan fingerprint density at radius 2 is 1.00 bits per heavy atom. The van der Waals surface area contributed by atoms with Gasteiger partial charge >= 0.3 is 0 Å². The summed E-state index contributed by atoms with van der Waals surface area (Å²) in [5.74, 6) is 2.12. The van der Waals surface area contributed by atoms with Gasteiger partial charge in [-0.05, 0) is 87.4 Å². The maximum absolute atomic E-state index is 14.0. The van der Waals surface area contributed by atoms with Crippen molar-refractivity contribution in [3.63, 3.8) is 0 Å². The molecule has 0 saturated heterocycles. The lowest BCUT2D eigenvalue weighted by atomic mass is 9.46. The minimum atomic E-state index is -0.438. The second kappa shape index (κ2) is 9.83. The summed E-state index contributed by atoms with van der Waals surface area (Å²) >= 11 is 0. The Bertz CT molecular complexity index is 498. The summed E-state index contributed by atoms with van der Waals surface area (Å²) in [5.41, 5.74) is -0.0671. The van der Waals surface area contributed by atoms with Crippen molar-refractivity contribution >= 4 is 11.8 Å². The summed E-state index contributed by atoms with van der Waals surface area (Å²) in [6.45, 7) is 11.7. The van der Waals surface area contributed by atoms with Crippen molar-refractivity contribution in [2.24, 2.45) is 29.1 Å². The Morgan fingerprint density at radius 1 is 0.690 bits per heavy atom. The van der Waals surface area contributed by atoms with E-state index in [0.717, 1.165) is 88.9 Å². The molecular formula is C25H44N2O2. The number of carbonyl (C=O) groups excluding carboxylic acids is 2. The van der Waals surface area contributed by atoms with Crippen LogP contribution in [0.1, 0.15) is 91.9 Å². The average Bonchev–Trinajstić information content (AvgIpc) is 2.66.